The van der Waals surface area contributed by atoms with Crippen molar-refractivity contribution in [1.29, 1.82) is 0 Å². The van der Waals surface area contributed by atoms with Crippen LogP contribution in [0.25, 0.3) is 0 Å². The molecule has 3 aromatic rings. The fourth-order valence-corrected chi connectivity index (χ4v) is 8.93. The van der Waals surface area contributed by atoms with Gasteiger partial charge in [-0.2, -0.15) is 26.3 Å². The molecule has 2 aromatic heterocycles. The molecule has 11 nitrogen and oxygen atoms in total. The fraction of sp³-hybridized carbons (Fsp3) is 0.538. The maximum Gasteiger partial charge on any atom is 0.425 e. The van der Waals surface area contributed by atoms with Crippen LogP contribution in [0.1, 0.15) is 97.6 Å². The number of carboxylic acid groups (broad SMARTS) is 1. The summed E-state index contributed by atoms with van der Waals surface area (Å²) in [6, 6.07) is 7.79. The average Bonchev–Trinajstić information content (AvgIpc) is 3.64. The summed E-state index contributed by atoms with van der Waals surface area (Å²) in [4.78, 5) is 45.7. The molecule has 0 bridgehead atoms. The van der Waals surface area contributed by atoms with Crippen molar-refractivity contribution in [3.8, 4) is 11.5 Å². The SMILES string of the molecule is CCC[C@H]1N(C(=O)c2ncccc2C(F)(F)F)CCC[C@@]1(Oc1csc(C(F)(F)F)c1)C(=O)N1CCC(O)(c2ccccc2OC2(O)CCC(C(=O)O)CC2)CC1. The molecule has 3 fully saturated rings. The maximum absolute atomic E-state index is 15.0. The third kappa shape index (κ3) is 8.72. The van der Waals surface area contributed by atoms with Gasteiger partial charge in [0, 0.05) is 62.1 Å². The second kappa shape index (κ2) is 16.1. The van der Waals surface area contributed by atoms with Crippen molar-refractivity contribution in [3.63, 3.8) is 0 Å². The highest BCUT2D eigenvalue weighted by atomic mass is 32.1. The zero-order valence-electron chi connectivity index (χ0n) is 30.9. The molecule has 3 N–H and O–H groups in total. The number of halogens is 6. The van der Waals surface area contributed by atoms with Gasteiger partial charge in [0.2, 0.25) is 11.4 Å². The molecule has 3 aliphatic rings. The number of aliphatic hydroxyl groups is 2. The highest BCUT2D eigenvalue weighted by Crippen LogP contribution is 2.45. The number of rotatable bonds is 10. The van der Waals surface area contributed by atoms with Crippen LogP contribution in [0.3, 0.4) is 0 Å². The Kier molecular flexibility index (Phi) is 11.9. The minimum atomic E-state index is -4.94. The lowest BCUT2D eigenvalue weighted by Crippen LogP contribution is -2.68. The smallest absolute Gasteiger partial charge is 0.425 e. The number of aliphatic carboxylic acids is 1. The Bertz CT molecular complexity index is 1940. The van der Waals surface area contributed by atoms with Crippen molar-refractivity contribution in [1.82, 2.24) is 14.8 Å². The van der Waals surface area contributed by atoms with Crippen LogP contribution < -0.4 is 9.47 Å². The molecule has 2 aliphatic heterocycles. The van der Waals surface area contributed by atoms with Crippen LogP contribution in [0.2, 0.25) is 0 Å². The Morgan fingerprint density at radius 1 is 0.912 bits per heavy atom. The number of likely N-dealkylation sites (tertiary alicyclic amines) is 2. The Morgan fingerprint density at radius 2 is 1.60 bits per heavy atom. The summed E-state index contributed by atoms with van der Waals surface area (Å²) in [5.41, 5.74) is -5.46. The number of ether oxygens (including phenoxy) is 2. The van der Waals surface area contributed by atoms with Crippen molar-refractivity contribution >= 4 is 29.1 Å². The molecule has 2 saturated heterocycles. The van der Waals surface area contributed by atoms with Crippen molar-refractivity contribution in [3.05, 3.63) is 75.7 Å². The fourth-order valence-electron chi connectivity index (χ4n) is 8.26. The third-order valence-electron chi connectivity index (χ3n) is 11.2. The van der Waals surface area contributed by atoms with E-state index in [1.165, 1.54) is 4.90 Å². The van der Waals surface area contributed by atoms with Crippen molar-refractivity contribution in [2.75, 3.05) is 19.6 Å². The van der Waals surface area contributed by atoms with Crippen molar-refractivity contribution in [2.24, 2.45) is 5.92 Å². The summed E-state index contributed by atoms with van der Waals surface area (Å²) in [6.45, 7) is 1.46. The molecule has 2 amide bonds. The lowest BCUT2D eigenvalue weighted by Gasteiger charge is -2.51. The monoisotopic (exact) mass is 827 g/mol. The molecule has 0 unspecified atom stereocenters. The van der Waals surface area contributed by atoms with E-state index in [9.17, 15) is 56.0 Å². The van der Waals surface area contributed by atoms with E-state index in [2.05, 4.69) is 4.98 Å². The van der Waals surface area contributed by atoms with E-state index in [-0.39, 0.29) is 88.9 Å². The van der Waals surface area contributed by atoms with E-state index < -0.39 is 75.2 Å². The van der Waals surface area contributed by atoms with Crippen molar-refractivity contribution in [2.45, 2.75) is 107 Å². The number of amides is 2. The number of benzene rings is 1. The third-order valence-corrected chi connectivity index (χ3v) is 12.2. The summed E-state index contributed by atoms with van der Waals surface area (Å²) in [5.74, 6) is -5.18. The number of pyridine rings is 1. The first-order valence-corrected chi connectivity index (χ1v) is 19.6. The molecule has 6 rings (SSSR count). The molecule has 0 spiro atoms. The highest BCUT2D eigenvalue weighted by molar-refractivity contribution is 7.10. The van der Waals surface area contributed by atoms with Gasteiger partial charge in [0.15, 0.2) is 0 Å². The number of nitrogens with zero attached hydrogens (tertiary/aromatic N) is 3. The minimum absolute atomic E-state index is 0.0422. The molecule has 18 heteroatoms. The standard InChI is InChI=1S/C39H43F6N3O8S/c1-2-7-29-37(55-25-22-30(57-23-25)39(43,44)45,13-6-19-48(29)32(49)31-27(38(40,41)42)9-5-18-46-31)34(52)47-20-16-35(53,17-21-47)26-8-3-4-10-28(26)56-36(54)14-11-24(12-15-36)33(50)51/h3-5,8-10,18,22-24,29,53-54H,2,6-7,11-17,19-21H2,1H3,(H,50,51)/t24?,29-,36?,37+/m1/s1. The first kappa shape index (κ1) is 42.2. The second-order valence-electron chi connectivity index (χ2n) is 14.9. The minimum Gasteiger partial charge on any atom is -0.481 e. The van der Waals surface area contributed by atoms with Gasteiger partial charge >= 0.3 is 18.3 Å². The number of alkyl halides is 6. The second-order valence-corrected chi connectivity index (χ2v) is 15.8. The quantitative estimate of drug-likeness (QED) is 0.142. The molecule has 4 heterocycles. The van der Waals surface area contributed by atoms with E-state index in [4.69, 9.17) is 9.47 Å². The Hall–Kier alpha value is -4.42. The summed E-state index contributed by atoms with van der Waals surface area (Å²) >= 11 is 0.347. The first-order chi connectivity index (χ1) is 26.8. The number of carbonyl (C=O) groups excluding carboxylic acids is 2. The van der Waals surface area contributed by atoms with Crippen LogP contribution in [-0.4, -0.2) is 85.0 Å². The summed E-state index contributed by atoms with van der Waals surface area (Å²) < 4.78 is 95.7. The van der Waals surface area contributed by atoms with Gasteiger partial charge in [0.05, 0.1) is 23.1 Å². The zero-order valence-corrected chi connectivity index (χ0v) is 31.8. The molecular formula is C39H43F6N3O8S. The van der Waals surface area contributed by atoms with E-state index >= 15 is 0 Å². The lowest BCUT2D eigenvalue weighted by molar-refractivity contribution is -0.173. The number of hydrogen-bond acceptors (Lipinski definition) is 9. The summed E-state index contributed by atoms with van der Waals surface area (Å²) in [6.07, 6.45) is -7.92. The van der Waals surface area contributed by atoms with Gasteiger partial charge in [-0.15, -0.1) is 11.3 Å². The van der Waals surface area contributed by atoms with Crippen LogP contribution in [0, 0.1) is 5.92 Å². The number of carbonyl (C=O) groups is 3. The van der Waals surface area contributed by atoms with Gasteiger partial charge < -0.3 is 34.6 Å². The van der Waals surface area contributed by atoms with E-state index in [0.29, 0.717) is 23.3 Å². The number of thiophene rings is 1. The molecular weight excluding hydrogens is 784 g/mol. The van der Waals surface area contributed by atoms with Gasteiger partial charge in [-0.25, -0.2) is 0 Å². The normalized spacial score (nSPS) is 25.5. The van der Waals surface area contributed by atoms with Crippen LogP contribution >= 0.6 is 11.3 Å². The first-order valence-electron chi connectivity index (χ1n) is 18.7. The predicted molar refractivity (Wildman–Crippen MR) is 192 cm³/mol. The van der Waals surface area contributed by atoms with Gasteiger partial charge in [0.25, 0.3) is 11.8 Å². The Morgan fingerprint density at radius 3 is 2.21 bits per heavy atom. The van der Waals surface area contributed by atoms with Crippen LogP contribution in [0.5, 0.6) is 11.5 Å². The van der Waals surface area contributed by atoms with E-state index in [1.54, 1.807) is 31.2 Å². The largest absolute Gasteiger partial charge is 0.481 e. The predicted octanol–water partition coefficient (Wildman–Crippen LogP) is 7.26. The number of para-hydroxylation sites is 1. The number of carboxylic acids is 1. The zero-order chi connectivity index (χ0) is 41.4. The number of aromatic nitrogens is 1. The van der Waals surface area contributed by atoms with Gasteiger partial charge in [-0.3, -0.25) is 19.4 Å². The molecule has 57 heavy (non-hydrogen) atoms. The molecule has 0 radical (unpaired) electrons. The Balaban J connectivity index is 1.30. The molecule has 1 aliphatic carbocycles. The highest BCUT2D eigenvalue weighted by Gasteiger charge is 2.57. The van der Waals surface area contributed by atoms with Crippen LogP contribution in [0.4, 0.5) is 26.3 Å². The lowest BCUT2D eigenvalue weighted by atomic mass is 9.78. The van der Waals surface area contributed by atoms with E-state index in [1.807, 2.05) is 0 Å². The summed E-state index contributed by atoms with van der Waals surface area (Å²) in [5, 5.41) is 33.7. The molecule has 310 valence electrons. The number of piperidine rings is 2. The Labute approximate surface area is 328 Å². The topological polar surface area (TPSA) is 150 Å². The van der Waals surface area contributed by atoms with Gasteiger partial charge in [-0.05, 0) is 56.7 Å². The molecule has 1 saturated carbocycles. The maximum atomic E-state index is 15.0. The van der Waals surface area contributed by atoms with Crippen LogP contribution in [-0.2, 0) is 27.5 Å². The molecule has 2 atom stereocenters. The van der Waals surface area contributed by atoms with Crippen molar-refractivity contribution < 1.29 is 65.5 Å². The average molecular weight is 828 g/mol. The number of hydrogen-bond donors (Lipinski definition) is 3. The van der Waals surface area contributed by atoms with Crippen LogP contribution in [0.15, 0.2) is 54.0 Å². The summed E-state index contributed by atoms with van der Waals surface area (Å²) in [7, 11) is 0. The molecule has 1 aromatic carbocycles. The van der Waals surface area contributed by atoms with Gasteiger partial charge in [0.1, 0.15) is 22.1 Å². The van der Waals surface area contributed by atoms with Gasteiger partial charge in [-0.1, -0.05) is 31.5 Å². The van der Waals surface area contributed by atoms with E-state index in [0.717, 1.165) is 34.7 Å².